The van der Waals surface area contributed by atoms with E-state index in [0.717, 1.165) is 6.42 Å². The van der Waals surface area contributed by atoms with E-state index in [1.165, 1.54) is 4.68 Å². The molecule has 1 fully saturated rings. The number of aromatic nitrogens is 3. The zero-order chi connectivity index (χ0) is 12.4. The second kappa shape index (κ2) is 4.50. The molecule has 0 aliphatic carbocycles. The van der Waals surface area contributed by atoms with Crippen molar-refractivity contribution in [3.63, 3.8) is 0 Å². The Morgan fingerprint density at radius 2 is 2.35 bits per heavy atom. The van der Waals surface area contributed by atoms with Crippen LogP contribution in [0.25, 0.3) is 0 Å². The Kier molecular flexibility index (Phi) is 3.05. The second-order valence-corrected chi connectivity index (χ2v) is 3.75. The van der Waals surface area contributed by atoms with Gasteiger partial charge in [-0.2, -0.15) is 0 Å². The molecule has 1 aromatic rings. The highest BCUT2D eigenvalue weighted by molar-refractivity contribution is 5.86. The number of carbonyl (C=O) groups excluding carboxylic acids is 1. The summed E-state index contributed by atoms with van der Waals surface area (Å²) in [5.74, 6) is -1.79. The van der Waals surface area contributed by atoms with Gasteiger partial charge in [0.1, 0.15) is 18.3 Å². The molecule has 0 aromatic carbocycles. The number of hydrogen-bond donors (Lipinski definition) is 2. The van der Waals surface area contributed by atoms with Gasteiger partial charge in [0.05, 0.1) is 0 Å². The summed E-state index contributed by atoms with van der Waals surface area (Å²) in [7, 11) is 0. The number of hydrogen-bond acceptors (Lipinski definition) is 5. The monoisotopic (exact) mass is 240 g/mol. The summed E-state index contributed by atoms with van der Waals surface area (Å²) in [5, 5.41) is 16.2. The number of carboxylic acid groups (broad SMARTS) is 1. The number of aromatic carboxylic acids is 1. The van der Waals surface area contributed by atoms with Gasteiger partial charge in [-0.3, -0.25) is 4.79 Å². The molecule has 1 saturated heterocycles. The van der Waals surface area contributed by atoms with Crippen LogP contribution in [0.1, 0.15) is 35.1 Å². The van der Waals surface area contributed by atoms with Crippen molar-refractivity contribution in [2.24, 2.45) is 5.73 Å². The van der Waals surface area contributed by atoms with Crippen molar-refractivity contribution in [2.45, 2.75) is 25.5 Å². The molecule has 1 unspecified atom stereocenters. The summed E-state index contributed by atoms with van der Waals surface area (Å²) < 4.78 is 6.59. The van der Waals surface area contributed by atoms with E-state index in [0.29, 0.717) is 18.7 Å². The van der Waals surface area contributed by atoms with Crippen LogP contribution in [0.15, 0.2) is 0 Å². The first-order valence-electron chi connectivity index (χ1n) is 5.16. The smallest absolute Gasteiger partial charge is 0.358 e. The third-order valence-electron chi connectivity index (χ3n) is 2.52. The van der Waals surface area contributed by atoms with Crippen LogP contribution in [0.4, 0.5) is 0 Å². The van der Waals surface area contributed by atoms with E-state index >= 15 is 0 Å². The molecule has 1 atom stereocenters. The van der Waals surface area contributed by atoms with Crippen LogP contribution in [-0.4, -0.2) is 38.6 Å². The van der Waals surface area contributed by atoms with E-state index < -0.39 is 11.9 Å². The Hall–Kier alpha value is -1.96. The molecule has 2 heterocycles. The SMILES string of the molecule is NC(=O)Cn1nnc(C(=O)O)c1C1CCCO1. The minimum absolute atomic E-state index is 0.182. The number of amides is 1. The lowest BCUT2D eigenvalue weighted by Crippen LogP contribution is -2.22. The fourth-order valence-electron chi connectivity index (χ4n) is 1.85. The Morgan fingerprint density at radius 1 is 1.59 bits per heavy atom. The molecule has 8 nitrogen and oxygen atoms in total. The van der Waals surface area contributed by atoms with Gasteiger partial charge in [-0.05, 0) is 12.8 Å². The van der Waals surface area contributed by atoms with Crippen LogP contribution < -0.4 is 5.73 Å². The first-order valence-corrected chi connectivity index (χ1v) is 5.16. The molecule has 0 saturated carbocycles. The lowest BCUT2D eigenvalue weighted by molar-refractivity contribution is -0.118. The fourth-order valence-corrected chi connectivity index (χ4v) is 1.85. The molecule has 0 spiro atoms. The van der Waals surface area contributed by atoms with Gasteiger partial charge in [0.25, 0.3) is 0 Å². The largest absolute Gasteiger partial charge is 0.476 e. The lowest BCUT2D eigenvalue weighted by atomic mass is 10.1. The predicted molar refractivity (Wildman–Crippen MR) is 54.1 cm³/mol. The van der Waals surface area contributed by atoms with Gasteiger partial charge in [0, 0.05) is 6.61 Å². The molecule has 17 heavy (non-hydrogen) atoms. The summed E-state index contributed by atoms with van der Waals surface area (Å²) >= 11 is 0. The van der Waals surface area contributed by atoms with Gasteiger partial charge >= 0.3 is 5.97 Å². The maximum Gasteiger partial charge on any atom is 0.358 e. The van der Waals surface area contributed by atoms with Crippen molar-refractivity contribution in [1.29, 1.82) is 0 Å². The zero-order valence-electron chi connectivity index (χ0n) is 9.00. The van der Waals surface area contributed by atoms with Crippen molar-refractivity contribution < 1.29 is 19.4 Å². The van der Waals surface area contributed by atoms with Gasteiger partial charge in [-0.25, -0.2) is 9.48 Å². The minimum atomic E-state index is -1.19. The van der Waals surface area contributed by atoms with E-state index in [4.69, 9.17) is 15.6 Å². The minimum Gasteiger partial charge on any atom is -0.476 e. The number of ether oxygens (including phenoxy) is 1. The maximum absolute atomic E-state index is 11.0. The van der Waals surface area contributed by atoms with Crippen LogP contribution in [0.3, 0.4) is 0 Å². The standard InChI is InChI=1S/C9H12N4O4/c10-6(14)4-13-8(5-2-1-3-17-5)7(9(15)16)11-12-13/h5H,1-4H2,(H2,10,14)(H,15,16). The maximum atomic E-state index is 11.0. The van der Waals surface area contributed by atoms with Crippen LogP contribution >= 0.6 is 0 Å². The predicted octanol–water partition coefficient (Wildman–Crippen LogP) is -0.687. The quantitative estimate of drug-likeness (QED) is 0.718. The third kappa shape index (κ3) is 2.26. The van der Waals surface area contributed by atoms with Crippen molar-refractivity contribution >= 4 is 11.9 Å². The van der Waals surface area contributed by atoms with E-state index in [-0.39, 0.29) is 18.3 Å². The normalized spacial score (nSPS) is 19.4. The number of carbonyl (C=O) groups is 2. The molecule has 0 radical (unpaired) electrons. The highest BCUT2D eigenvalue weighted by Gasteiger charge is 2.29. The zero-order valence-corrected chi connectivity index (χ0v) is 9.00. The highest BCUT2D eigenvalue weighted by atomic mass is 16.5. The summed E-state index contributed by atoms with van der Waals surface area (Å²) in [6, 6.07) is 0. The number of carboxylic acids is 1. The number of nitrogens with two attached hydrogens (primary N) is 1. The van der Waals surface area contributed by atoms with Crippen LogP contribution in [-0.2, 0) is 16.1 Å². The number of nitrogens with zero attached hydrogens (tertiary/aromatic N) is 3. The summed E-state index contributed by atoms with van der Waals surface area (Å²) in [6.07, 6.45) is 1.15. The molecule has 1 amide bonds. The molecule has 1 aromatic heterocycles. The number of rotatable bonds is 4. The van der Waals surface area contributed by atoms with Gasteiger partial charge in [-0.1, -0.05) is 5.21 Å². The summed E-state index contributed by atoms with van der Waals surface area (Å²) in [4.78, 5) is 21.9. The van der Waals surface area contributed by atoms with E-state index in [2.05, 4.69) is 10.3 Å². The highest BCUT2D eigenvalue weighted by Crippen LogP contribution is 2.29. The molecule has 2 rings (SSSR count). The lowest BCUT2D eigenvalue weighted by Gasteiger charge is -2.11. The summed E-state index contributed by atoms with van der Waals surface area (Å²) in [6.45, 7) is 0.362. The average molecular weight is 240 g/mol. The molecular weight excluding hydrogens is 228 g/mol. The van der Waals surface area contributed by atoms with Crippen molar-refractivity contribution in [2.75, 3.05) is 6.61 Å². The first-order chi connectivity index (χ1) is 8.09. The van der Waals surface area contributed by atoms with Gasteiger partial charge in [0.15, 0.2) is 5.69 Å². The van der Waals surface area contributed by atoms with Crippen molar-refractivity contribution in [3.05, 3.63) is 11.4 Å². The van der Waals surface area contributed by atoms with Gasteiger partial charge < -0.3 is 15.6 Å². The molecule has 1 aliphatic heterocycles. The van der Waals surface area contributed by atoms with Gasteiger partial charge in [-0.15, -0.1) is 5.10 Å². The Morgan fingerprint density at radius 3 is 2.88 bits per heavy atom. The summed E-state index contributed by atoms with van der Waals surface area (Å²) in [5.41, 5.74) is 5.19. The Balaban J connectivity index is 2.38. The molecule has 1 aliphatic rings. The second-order valence-electron chi connectivity index (χ2n) is 3.75. The van der Waals surface area contributed by atoms with E-state index in [1.54, 1.807) is 0 Å². The van der Waals surface area contributed by atoms with E-state index in [9.17, 15) is 9.59 Å². The topological polar surface area (TPSA) is 120 Å². The van der Waals surface area contributed by atoms with Crippen molar-refractivity contribution in [3.8, 4) is 0 Å². The number of primary amides is 1. The Labute approximate surface area is 96.3 Å². The Bertz CT molecular complexity index is 450. The van der Waals surface area contributed by atoms with Crippen molar-refractivity contribution in [1.82, 2.24) is 15.0 Å². The first kappa shape index (κ1) is 11.5. The van der Waals surface area contributed by atoms with Gasteiger partial charge in [0.2, 0.25) is 5.91 Å². The molecular formula is C9H12N4O4. The van der Waals surface area contributed by atoms with E-state index in [1.807, 2.05) is 0 Å². The molecule has 92 valence electrons. The van der Waals surface area contributed by atoms with Crippen LogP contribution in [0, 0.1) is 0 Å². The van der Waals surface area contributed by atoms with Crippen LogP contribution in [0.5, 0.6) is 0 Å². The molecule has 0 bridgehead atoms. The average Bonchev–Trinajstić information content (AvgIpc) is 2.83. The molecule has 8 heteroatoms. The fraction of sp³-hybridized carbons (Fsp3) is 0.556. The molecule has 3 N–H and O–H groups in total. The third-order valence-corrected chi connectivity index (χ3v) is 2.52. The van der Waals surface area contributed by atoms with Crippen LogP contribution in [0.2, 0.25) is 0 Å².